The summed E-state index contributed by atoms with van der Waals surface area (Å²) in [5.41, 5.74) is 0.653. The van der Waals surface area contributed by atoms with E-state index in [0.29, 0.717) is 30.3 Å². The van der Waals surface area contributed by atoms with Gasteiger partial charge in [-0.05, 0) is 38.5 Å². The third kappa shape index (κ3) is 5.19. The summed E-state index contributed by atoms with van der Waals surface area (Å²) in [6.07, 6.45) is -0.330. The Morgan fingerprint density at radius 1 is 1.15 bits per heavy atom. The molecule has 1 aromatic rings. The Labute approximate surface area is 129 Å². The minimum atomic E-state index is -0.481. The van der Waals surface area contributed by atoms with Crippen LogP contribution in [0.2, 0.25) is 10.0 Å². The first-order valence-corrected chi connectivity index (χ1v) is 7.36. The zero-order chi connectivity index (χ0) is 15.1. The van der Waals surface area contributed by atoms with Crippen molar-refractivity contribution in [3.8, 4) is 0 Å². The molecule has 0 amide bonds. The molecule has 0 bridgehead atoms. The van der Waals surface area contributed by atoms with Crippen LogP contribution in [0.5, 0.6) is 0 Å². The molecule has 0 spiro atoms. The first-order valence-electron chi connectivity index (χ1n) is 6.60. The van der Waals surface area contributed by atoms with Crippen molar-refractivity contribution < 1.29 is 13.9 Å². The monoisotopic (exact) mass is 323 g/mol. The number of benzene rings is 1. The summed E-state index contributed by atoms with van der Waals surface area (Å²) in [4.78, 5) is 0. The van der Waals surface area contributed by atoms with E-state index in [1.807, 2.05) is 20.8 Å². The molecule has 1 rings (SSSR count). The maximum Gasteiger partial charge on any atom is 0.169 e. The largest absolute Gasteiger partial charge is 0.352 e. The molecular weight excluding hydrogens is 304 g/mol. The predicted molar refractivity (Wildman–Crippen MR) is 79.9 cm³/mol. The maximum atomic E-state index is 13.5. The lowest BCUT2D eigenvalue weighted by Crippen LogP contribution is -2.33. The average Bonchev–Trinajstić information content (AvgIpc) is 2.40. The molecule has 20 heavy (non-hydrogen) atoms. The van der Waals surface area contributed by atoms with Gasteiger partial charge < -0.3 is 14.8 Å². The van der Waals surface area contributed by atoms with Crippen molar-refractivity contribution in [2.75, 3.05) is 19.8 Å². The van der Waals surface area contributed by atoms with Crippen LogP contribution in [0.1, 0.15) is 32.4 Å². The molecule has 0 radical (unpaired) electrons. The van der Waals surface area contributed by atoms with Crippen LogP contribution in [0.15, 0.2) is 12.1 Å². The second-order valence-corrected chi connectivity index (χ2v) is 5.07. The van der Waals surface area contributed by atoms with Gasteiger partial charge in [0.15, 0.2) is 6.29 Å². The Morgan fingerprint density at radius 3 is 2.30 bits per heavy atom. The molecule has 6 heteroatoms. The van der Waals surface area contributed by atoms with E-state index in [1.165, 1.54) is 12.1 Å². The minimum absolute atomic E-state index is 0.0208. The number of ether oxygens (including phenoxy) is 2. The average molecular weight is 324 g/mol. The maximum absolute atomic E-state index is 13.5. The van der Waals surface area contributed by atoms with Gasteiger partial charge in [-0.1, -0.05) is 23.2 Å². The second kappa shape index (κ2) is 8.80. The Balaban J connectivity index is 2.66. The molecular formula is C14H20Cl2FNO2. The van der Waals surface area contributed by atoms with E-state index in [2.05, 4.69) is 5.32 Å². The molecule has 0 aromatic heterocycles. The highest BCUT2D eigenvalue weighted by Gasteiger charge is 2.15. The summed E-state index contributed by atoms with van der Waals surface area (Å²) >= 11 is 11.8. The van der Waals surface area contributed by atoms with Crippen molar-refractivity contribution in [3.05, 3.63) is 33.6 Å². The van der Waals surface area contributed by atoms with E-state index in [0.717, 1.165) is 0 Å². The fourth-order valence-electron chi connectivity index (χ4n) is 1.79. The highest BCUT2D eigenvalue weighted by Crippen LogP contribution is 2.28. The van der Waals surface area contributed by atoms with Crippen molar-refractivity contribution in [3.63, 3.8) is 0 Å². The van der Waals surface area contributed by atoms with Gasteiger partial charge in [-0.15, -0.1) is 0 Å². The van der Waals surface area contributed by atoms with Gasteiger partial charge in [0.1, 0.15) is 5.82 Å². The fraction of sp³-hybridized carbons (Fsp3) is 0.571. The molecule has 0 heterocycles. The Morgan fingerprint density at radius 2 is 1.75 bits per heavy atom. The normalized spacial score (nSPS) is 12.9. The lowest BCUT2D eigenvalue weighted by atomic mass is 10.1. The van der Waals surface area contributed by atoms with Gasteiger partial charge in [-0.2, -0.15) is 0 Å². The third-order valence-corrected chi connectivity index (χ3v) is 3.42. The molecule has 1 atom stereocenters. The highest BCUT2D eigenvalue weighted by atomic mass is 35.5. The summed E-state index contributed by atoms with van der Waals surface area (Å²) in [7, 11) is 0. The van der Waals surface area contributed by atoms with Gasteiger partial charge in [0.2, 0.25) is 0 Å². The molecule has 0 aliphatic rings. The molecule has 0 saturated heterocycles. The summed E-state index contributed by atoms with van der Waals surface area (Å²) in [5, 5.41) is 3.66. The number of halogens is 3. The lowest BCUT2D eigenvalue weighted by molar-refractivity contribution is -0.133. The van der Waals surface area contributed by atoms with E-state index in [9.17, 15) is 4.39 Å². The van der Waals surface area contributed by atoms with Crippen LogP contribution in [0.4, 0.5) is 4.39 Å². The van der Waals surface area contributed by atoms with Crippen molar-refractivity contribution in [1.82, 2.24) is 5.32 Å². The molecule has 0 saturated carbocycles. The van der Waals surface area contributed by atoms with Gasteiger partial charge >= 0.3 is 0 Å². The Bertz CT molecular complexity index is 426. The van der Waals surface area contributed by atoms with Gasteiger partial charge in [-0.25, -0.2) is 4.39 Å². The van der Waals surface area contributed by atoms with E-state index < -0.39 is 5.82 Å². The van der Waals surface area contributed by atoms with Crippen LogP contribution in [-0.4, -0.2) is 26.0 Å². The van der Waals surface area contributed by atoms with Crippen LogP contribution in [0.25, 0.3) is 0 Å². The summed E-state index contributed by atoms with van der Waals surface area (Å²) < 4.78 is 24.3. The second-order valence-electron chi connectivity index (χ2n) is 4.26. The molecule has 0 aliphatic carbocycles. The predicted octanol–water partition coefficient (Wildman–Crippen LogP) is 4.18. The first-order chi connectivity index (χ1) is 9.49. The number of rotatable bonds is 8. The van der Waals surface area contributed by atoms with Crippen LogP contribution >= 0.6 is 23.2 Å². The van der Waals surface area contributed by atoms with Gasteiger partial charge in [0, 0.05) is 30.8 Å². The van der Waals surface area contributed by atoms with Crippen molar-refractivity contribution >= 4 is 23.2 Å². The van der Waals surface area contributed by atoms with Crippen LogP contribution < -0.4 is 5.32 Å². The Hall–Kier alpha value is -0.390. The van der Waals surface area contributed by atoms with Crippen molar-refractivity contribution in [2.45, 2.75) is 33.1 Å². The van der Waals surface area contributed by atoms with Crippen LogP contribution in [0.3, 0.4) is 0 Å². The van der Waals surface area contributed by atoms with Gasteiger partial charge in [0.05, 0.1) is 5.02 Å². The SMILES string of the molecule is CCOC(CNC(C)c1cc(F)c(Cl)cc1Cl)OCC. The molecule has 1 aromatic carbocycles. The summed E-state index contributed by atoms with van der Waals surface area (Å²) in [6, 6.07) is 2.62. The topological polar surface area (TPSA) is 30.5 Å². The molecule has 1 unspecified atom stereocenters. The number of hydrogen-bond acceptors (Lipinski definition) is 3. The smallest absolute Gasteiger partial charge is 0.169 e. The number of hydrogen-bond donors (Lipinski definition) is 1. The van der Waals surface area contributed by atoms with E-state index in [-0.39, 0.29) is 17.4 Å². The summed E-state index contributed by atoms with van der Waals surface area (Å²) in [6.45, 7) is 7.32. The summed E-state index contributed by atoms with van der Waals surface area (Å²) in [5.74, 6) is -0.481. The van der Waals surface area contributed by atoms with Crippen LogP contribution in [-0.2, 0) is 9.47 Å². The highest BCUT2D eigenvalue weighted by molar-refractivity contribution is 6.35. The lowest BCUT2D eigenvalue weighted by Gasteiger charge is -2.21. The standard InChI is InChI=1S/C14H20Cl2FNO2/c1-4-19-14(20-5-2)8-18-9(3)10-6-13(17)12(16)7-11(10)15/h6-7,9,14,18H,4-5,8H2,1-3H3. The molecule has 114 valence electrons. The molecule has 3 nitrogen and oxygen atoms in total. The zero-order valence-corrected chi connectivity index (χ0v) is 13.4. The fourth-order valence-corrected chi connectivity index (χ4v) is 2.34. The minimum Gasteiger partial charge on any atom is -0.352 e. The Kier molecular flexibility index (Phi) is 7.77. The molecule has 0 fully saturated rings. The number of nitrogens with one attached hydrogen (secondary N) is 1. The first kappa shape index (κ1) is 17.7. The quantitative estimate of drug-likeness (QED) is 0.575. The van der Waals surface area contributed by atoms with E-state index in [4.69, 9.17) is 32.7 Å². The van der Waals surface area contributed by atoms with Gasteiger partial charge in [-0.3, -0.25) is 0 Å². The molecule has 0 aliphatic heterocycles. The van der Waals surface area contributed by atoms with E-state index >= 15 is 0 Å². The van der Waals surface area contributed by atoms with Crippen molar-refractivity contribution in [1.29, 1.82) is 0 Å². The van der Waals surface area contributed by atoms with Crippen LogP contribution in [0, 0.1) is 5.82 Å². The molecule has 1 N–H and O–H groups in total. The van der Waals surface area contributed by atoms with E-state index in [1.54, 1.807) is 0 Å². The zero-order valence-electron chi connectivity index (χ0n) is 11.9. The van der Waals surface area contributed by atoms with Gasteiger partial charge in [0.25, 0.3) is 0 Å². The van der Waals surface area contributed by atoms with Crippen molar-refractivity contribution in [2.24, 2.45) is 0 Å². The third-order valence-electron chi connectivity index (χ3n) is 2.80.